The van der Waals surface area contributed by atoms with E-state index in [2.05, 4.69) is 10.3 Å². The summed E-state index contributed by atoms with van der Waals surface area (Å²) < 4.78 is 1.54. The van der Waals surface area contributed by atoms with Gasteiger partial charge < -0.3 is 5.32 Å². The highest BCUT2D eigenvalue weighted by Gasteiger charge is 2.18. The Labute approximate surface area is 148 Å². The fourth-order valence-electron chi connectivity index (χ4n) is 2.58. The van der Waals surface area contributed by atoms with Crippen LogP contribution in [-0.4, -0.2) is 22.4 Å². The second-order valence-corrected chi connectivity index (χ2v) is 6.41. The second-order valence-electron chi connectivity index (χ2n) is 6.41. The average molecular weight is 339 g/mol. The van der Waals surface area contributed by atoms with Gasteiger partial charge >= 0.3 is 0 Å². The first kappa shape index (κ1) is 18.6. The first-order chi connectivity index (χ1) is 11.9. The van der Waals surface area contributed by atoms with E-state index in [1.807, 2.05) is 57.2 Å². The molecule has 1 aromatic heterocycles. The molecule has 0 saturated heterocycles. The molecule has 0 aliphatic rings. The van der Waals surface area contributed by atoms with Crippen LogP contribution in [0.4, 0.5) is 0 Å². The van der Waals surface area contributed by atoms with Gasteiger partial charge in [-0.1, -0.05) is 35.9 Å². The lowest BCUT2D eigenvalue weighted by atomic mass is 10.0. The molecule has 1 unspecified atom stereocenters. The molecule has 0 bridgehead atoms. The number of benzene rings is 1. The van der Waals surface area contributed by atoms with Crippen LogP contribution in [0.25, 0.3) is 0 Å². The van der Waals surface area contributed by atoms with Crippen molar-refractivity contribution < 1.29 is 9.59 Å². The summed E-state index contributed by atoms with van der Waals surface area (Å²) in [4.78, 5) is 28.9. The van der Waals surface area contributed by atoms with E-state index in [-0.39, 0.29) is 30.3 Å². The Bertz CT molecular complexity index is 804. The fraction of sp³-hybridized carbons (Fsp3) is 0.350. The Morgan fingerprint density at radius 3 is 2.40 bits per heavy atom. The summed E-state index contributed by atoms with van der Waals surface area (Å²) in [6.07, 6.45) is 1.88. The molecule has 2 rings (SSSR count). The molecule has 1 atom stereocenters. The van der Waals surface area contributed by atoms with Crippen LogP contribution in [-0.2, 0) is 4.79 Å². The predicted octanol–water partition coefficient (Wildman–Crippen LogP) is 3.01. The number of aryl methyl sites for hydroxylation is 1. The van der Waals surface area contributed by atoms with Gasteiger partial charge in [-0.2, -0.15) is 0 Å². The molecule has 1 heterocycles. The Hall–Kier alpha value is -2.69. The van der Waals surface area contributed by atoms with Gasteiger partial charge in [0.15, 0.2) is 0 Å². The van der Waals surface area contributed by atoms with Gasteiger partial charge in [0.25, 0.3) is 0 Å². The van der Waals surface area contributed by atoms with Crippen LogP contribution in [0.3, 0.4) is 0 Å². The summed E-state index contributed by atoms with van der Waals surface area (Å²) >= 11 is 0. The molecule has 132 valence electrons. The standard InChI is InChI=1S/C20H25N3O2/c1-14(2)21-19-7-5-6-12-23(19)20(25)13-18(22-16(4)24)17-10-8-15(3)9-11-17/h5-12,14,18H,13H2,1-4H3,(H,22,24). The number of nitrogens with zero attached hydrogens (tertiary/aromatic N) is 2. The maximum absolute atomic E-state index is 12.8. The summed E-state index contributed by atoms with van der Waals surface area (Å²) in [5.41, 5.74) is 2.66. The van der Waals surface area contributed by atoms with E-state index in [0.29, 0.717) is 5.49 Å². The van der Waals surface area contributed by atoms with Crippen LogP contribution in [0.5, 0.6) is 0 Å². The maximum atomic E-state index is 12.8. The van der Waals surface area contributed by atoms with Gasteiger partial charge in [0, 0.05) is 19.2 Å². The third-order valence-electron chi connectivity index (χ3n) is 3.73. The third kappa shape index (κ3) is 5.41. The van der Waals surface area contributed by atoms with Crippen LogP contribution in [0.1, 0.15) is 49.2 Å². The molecule has 1 aromatic carbocycles. The fourth-order valence-corrected chi connectivity index (χ4v) is 2.58. The minimum atomic E-state index is -0.370. The van der Waals surface area contributed by atoms with Gasteiger partial charge in [0.05, 0.1) is 12.5 Å². The van der Waals surface area contributed by atoms with Crippen molar-refractivity contribution in [2.45, 2.75) is 46.2 Å². The zero-order valence-corrected chi connectivity index (χ0v) is 15.2. The van der Waals surface area contributed by atoms with Gasteiger partial charge in [-0.05, 0) is 38.5 Å². The molecule has 0 fully saturated rings. The molecular weight excluding hydrogens is 314 g/mol. The van der Waals surface area contributed by atoms with E-state index in [1.165, 1.54) is 6.92 Å². The number of hydrogen-bond acceptors (Lipinski definition) is 3. The van der Waals surface area contributed by atoms with E-state index in [1.54, 1.807) is 16.8 Å². The molecule has 0 spiro atoms. The van der Waals surface area contributed by atoms with Gasteiger partial charge in [-0.15, -0.1) is 0 Å². The van der Waals surface area contributed by atoms with Crippen molar-refractivity contribution in [2.75, 3.05) is 0 Å². The molecule has 0 aliphatic carbocycles. The second kappa shape index (κ2) is 8.42. The van der Waals surface area contributed by atoms with Gasteiger partial charge in [-0.25, -0.2) is 0 Å². The van der Waals surface area contributed by atoms with E-state index < -0.39 is 0 Å². The predicted molar refractivity (Wildman–Crippen MR) is 98.1 cm³/mol. The van der Waals surface area contributed by atoms with Crippen molar-refractivity contribution in [3.8, 4) is 0 Å². The lowest BCUT2D eigenvalue weighted by Crippen LogP contribution is -2.33. The number of nitrogens with one attached hydrogen (secondary N) is 1. The minimum absolute atomic E-state index is 0.0877. The normalized spacial score (nSPS) is 12.9. The number of amides is 1. The molecule has 2 aromatic rings. The molecule has 0 aliphatic heterocycles. The Kier molecular flexibility index (Phi) is 6.28. The van der Waals surface area contributed by atoms with E-state index in [4.69, 9.17) is 0 Å². The number of hydrogen-bond donors (Lipinski definition) is 1. The Morgan fingerprint density at radius 2 is 1.80 bits per heavy atom. The van der Waals surface area contributed by atoms with Crippen LogP contribution in [0.2, 0.25) is 0 Å². The molecule has 0 saturated carbocycles. The van der Waals surface area contributed by atoms with Crippen molar-refractivity contribution in [1.29, 1.82) is 0 Å². The number of aromatic nitrogens is 1. The minimum Gasteiger partial charge on any atom is -0.349 e. The number of carbonyl (C=O) groups excluding carboxylic acids is 2. The quantitative estimate of drug-likeness (QED) is 0.910. The molecule has 1 N–H and O–H groups in total. The number of pyridine rings is 1. The van der Waals surface area contributed by atoms with Gasteiger partial charge in [0.1, 0.15) is 5.49 Å². The molecule has 1 amide bonds. The smallest absolute Gasteiger partial charge is 0.234 e. The Morgan fingerprint density at radius 1 is 1.12 bits per heavy atom. The highest BCUT2D eigenvalue weighted by atomic mass is 16.2. The van der Waals surface area contributed by atoms with Crippen LogP contribution in [0, 0.1) is 6.92 Å². The molecule has 5 heteroatoms. The zero-order valence-electron chi connectivity index (χ0n) is 15.2. The van der Waals surface area contributed by atoms with Crippen molar-refractivity contribution >= 4 is 11.8 Å². The monoisotopic (exact) mass is 339 g/mol. The van der Waals surface area contributed by atoms with Crippen molar-refractivity contribution in [3.05, 3.63) is 65.3 Å². The lowest BCUT2D eigenvalue weighted by Gasteiger charge is -2.19. The van der Waals surface area contributed by atoms with E-state index in [0.717, 1.165) is 11.1 Å². The van der Waals surface area contributed by atoms with Crippen LogP contribution in [0.15, 0.2) is 53.7 Å². The SMILES string of the molecule is CC(=O)NC(CC(=O)n1ccccc1=NC(C)C)c1ccc(C)cc1. The van der Waals surface area contributed by atoms with Gasteiger partial charge in [0.2, 0.25) is 11.8 Å². The summed E-state index contributed by atoms with van der Waals surface area (Å²) in [6, 6.07) is 13.0. The Balaban J connectivity index is 2.32. The van der Waals surface area contributed by atoms with Crippen molar-refractivity contribution in [3.63, 3.8) is 0 Å². The summed E-state index contributed by atoms with van der Waals surface area (Å²) in [5.74, 6) is -0.275. The number of rotatable bonds is 5. The first-order valence-corrected chi connectivity index (χ1v) is 8.45. The van der Waals surface area contributed by atoms with E-state index >= 15 is 0 Å². The van der Waals surface area contributed by atoms with Crippen molar-refractivity contribution in [1.82, 2.24) is 9.88 Å². The summed E-state index contributed by atoms with van der Waals surface area (Å²) in [5, 5.41) is 2.87. The number of carbonyl (C=O) groups is 2. The molecule has 0 radical (unpaired) electrons. The summed E-state index contributed by atoms with van der Waals surface area (Å²) in [7, 11) is 0. The molecule has 5 nitrogen and oxygen atoms in total. The topological polar surface area (TPSA) is 63.5 Å². The molecule has 25 heavy (non-hydrogen) atoms. The third-order valence-corrected chi connectivity index (χ3v) is 3.73. The van der Waals surface area contributed by atoms with Crippen LogP contribution >= 0.6 is 0 Å². The lowest BCUT2D eigenvalue weighted by molar-refractivity contribution is -0.119. The maximum Gasteiger partial charge on any atom is 0.234 e. The highest BCUT2D eigenvalue weighted by Crippen LogP contribution is 2.18. The van der Waals surface area contributed by atoms with E-state index in [9.17, 15) is 9.59 Å². The summed E-state index contributed by atoms with van der Waals surface area (Å²) in [6.45, 7) is 7.39. The van der Waals surface area contributed by atoms with Crippen LogP contribution < -0.4 is 10.8 Å². The van der Waals surface area contributed by atoms with Crippen molar-refractivity contribution in [2.24, 2.45) is 4.99 Å². The largest absolute Gasteiger partial charge is 0.349 e. The molecular formula is C20H25N3O2. The zero-order chi connectivity index (χ0) is 18.4. The average Bonchev–Trinajstić information content (AvgIpc) is 2.54. The van der Waals surface area contributed by atoms with Gasteiger partial charge in [-0.3, -0.25) is 19.1 Å². The highest BCUT2D eigenvalue weighted by molar-refractivity contribution is 5.81. The first-order valence-electron chi connectivity index (χ1n) is 8.45.